The van der Waals surface area contributed by atoms with Crippen LogP contribution in [0.2, 0.25) is 10.0 Å². The molecule has 1 N–H and O–H groups in total. The highest BCUT2D eigenvalue weighted by Crippen LogP contribution is 2.32. The summed E-state index contributed by atoms with van der Waals surface area (Å²) in [5, 5.41) is 2.96. The average Bonchev–Trinajstić information content (AvgIpc) is 2.92. The van der Waals surface area contributed by atoms with Crippen LogP contribution in [0.15, 0.2) is 30.3 Å². The molecule has 150 valence electrons. The minimum Gasteiger partial charge on any atom is -0.465 e. The molecule has 2 aromatic rings. The Bertz CT molecular complexity index is 1030. The number of nitrogens with one attached hydrogen (secondary N) is 1. The smallest absolute Gasteiger partial charge is 0.337 e. The fourth-order valence-corrected chi connectivity index (χ4v) is 3.33. The standard InChI is InChI=1S/C20H16Cl2N2O5/c1-9-6-11(20(28)29-3)4-5-16(9)23-17(25)10(2)24-18(26)12-7-14(21)15(22)8-13(12)19(24)27/h4-8,10H,1-3H3,(H,23,25)/t10-/m1/s1. The predicted octanol–water partition coefficient (Wildman–Crippen LogP) is 3.71. The van der Waals surface area contributed by atoms with Crippen molar-refractivity contribution in [1.29, 1.82) is 0 Å². The van der Waals surface area contributed by atoms with E-state index >= 15 is 0 Å². The number of nitrogens with zero attached hydrogens (tertiary/aromatic N) is 1. The molecular formula is C20H16Cl2N2O5. The first-order chi connectivity index (χ1) is 13.6. The summed E-state index contributed by atoms with van der Waals surface area (Å²) in [5.74, 6) is -2.30. The van der Waals surface area contributed by atoms with Crippen LogP contribution in [0.1, 0.15) is 43.6 Å². The van der Waals surface area contributed by atoms with Gasteiger partial charge in [0.2, 0.25) is 5.91 Å². The first kappa shape index (κ1) is 20.8. The third-order valence-corrected chi connectivity index (χ3v) is 5.35. The predicted molar refractivity (Wildman–Crippen MR) is 108 cm³/mol. The monoisotopic (exact) mass is 434 g/mol. The minimum atomic E-state index is -1.08. The van der Waals surface area contributed by atoms with Gasteiger partial charge in [-0.25, -0.2) is 4.79 Å². The van der Waals surface area contributed by atoms with Gasteiger partial charge in [0.1, 0.15) is 6.04 Å². The molecule has 0 fully saturated rings. The van der Waals surface area contributed by atoms with E-state index in [2.05, 4.69) is 10.1 Å². The van der Waals surface area contributed by atoms with Gasteiger partial charge in [-0.15, -0.1) is 0 Å². The lowest BCUT2D eigenvalue weighted by molar-refractivity contribution is -0.119. The van der Waals surface area contributed by atoms with Gasteiger partial charge >= 0.3 is 5.97 Å². The number of hydrogen-bond acceptors (Lipinski definition) is 5. The summed E-state index contributed by atoms with van der Waals surface area (Å²) in [7, 11) is 1.28. The van der Waals surface area contributed by atoms with Crippen LogP contribution in [0.3, 0.4) is 0 Å². The summed E-state index contributed by atoms with van der Waals surface area (Å²) in [6.07, 6.45) is 0. The normalized spacial score (nSPS) is 13.9. The zero-order chi connectivity index (χ0) is 21.5. The first-order valence-electron chi connectivity index (χ1n) is 8.52. The second-order valence-electron chi connectivity index (χ2n) is 6.48. The number of carbonyl (C=O) groups excluding carboxylic acids is 4. The highest BCUT2D eigenvalue weighted by Gasteiger charge is 2.41. The molecule has 0 radical (unpaired) electrons. The van der Waals surface area contributed by atoms with Crippen molar-refractivity contribution in [2.45, 2.75) is 19.9 Å². The summed E-state index contributed by atoms with van der Waals surface area (Å²) < 4.78 is 4.66. The van der Waals surface area contributed by atoms with E-state index in [0.717, 1.165) is 4.90 Å². The van der Waals surface area contributed by atoms with Crippen LogP contribution in [0.4, 0.5) is 5.69 Å². The number of anilines is 1. The van der Waals surface area contributed by atoms with E-state index < -0.39 is 29.7 Å². The van der Waals surface area contributed by atoms with Crippen molar-refractivity contribution in [3.8, 4) is 0 Å². The number of fused-ring (bicyclic) bond motifs is 1. The minimum absolute atomic E-state index is 0.0997. The van der Waals surface area contributed by atoms with Crippen molar-refractivity contribution < 1.29 is 23.9 Å². The Morgan fingerprint density at radius 3 is 2.07 bits per heavy atom. The summed E-state index contributed by atoms with van der Waals surface area (Å²) >= 11 is 11.9. The van der Waals surface area contributed by atoms with Gasteiger partial charge in [0.05, 0.1) is 33.8 Å². The zero-order valence-electron chi connectivity index (χ0n) is 15.7. The number of rotatable bonds is 4. The molecule has 0 aromatic heterocycles. The molecular weight excluding hydrogens is 419 g/mol. The fraction of sp³-hybridized carbons (Fsp3) is 0.200. The van der Waals surface area contributed by atoms with Crippen LogP contribution in [-0.2, 0) is 9.53 Å². The van der Waals surface area contributed by atoms with Crippen LogP contribution in [-0.4, -0.2) is 41.7 Å². The number of carbonyl (C=O) groups is 4. The van der Waals surface area contributed by atoms with E-state index in [-0.39, 0.29) is 21.2 Å². The van der Waals surface area contributed by atoms with Crippen molar-refractivity contribution in [2.24, 2.45) is 0 Å². The third kappa shape index (κ3) is 3.71. The van der Waals surface area contributed by atoms with Crippen LogP contribution in [0.25, 0.3) is 0 Å². The van der Waals surface area contributed by atoms with Crippen LogP contribution < -0.4 is 5.32 Å². The highest BCUT2D eigenvalue weighted by molar-refractivity contribution is 6.43. The van der Waals surface area contributed by atoms with E-state index in [4.69, 9.17) is 23.2 Å². The molecule has 1 heterocycles. The fourth-order valence-electron chi connectivity index (χ4n) is 3.01. The SMILES string of the molecule is COC(=O)c1ccc(NC(=O)[C@@H](C)N2C(=O)c3cc(Cl)c(Cl)cc3C2=O)c(C)c1. The molecule has 0 bridgehead atoms. The van der Waals surface area contributed by atoms with E-state index in [9.17, 15) is 19.2 Å². The van der Waals surface area contributed by atoms with Gasteiger partial charge in [0, 0.05) is 5.69 Å². The summed E-state index contributed by atoms with van der Waals surface area (Å²) in [6.45, 7) is 3.15. The average molecular weight is 435 g/mol. The van der Waals surface area contributed by atoms with E-state index in [1.807, 2.05) is 0 Å². The summed E-state index contributed by atoms with van der Waals surface area (Å²) in [4.78, 5) is 50.5. The molecule has 0 spiro atoms. The van der Waals surface area contributed by atoms with Crippen molar-refractivity contribution in [3.63, 3.8) is 0 Å². The van der Waals surface area contributed by atoms with Gasteiger partial charge in [0.25, 0.3) is 11.8 Å². The molecule has 1 atom stereocenters. The molecule has 0 unspecified atom stereocenters. The number of ether oxygens (including phenoxy) is 1. The Hall–Kier alpha value is -2.90. The topological polar surface area (TPSA) is 92.8 Å². The molecule has 0 aliphatic carbocycles. The van der Waals surface area contributed by atoms with Crippen LogP contribution in [0, 0.1) is 6.92 Å². The number of methoxy groups -OCH3 is 1. The van der Waals surface area contributed by atoms with Crippen molar-refractivity contribution in [3.05, 3.63) is 62.6 Å². The lowest BCUT2D eigenvalue weighted by atomic mass is 10.1. The van der Waals surface area contributed by atoms with Crippen LogP contribution >= 0.6 is 23.2 Å². The van der Waals surface area contributed by atoms with Gasteiger partial charge in [-0.05, 0) is 49.7 Å². The highest BCUT2D eigenvalue weighted by atomic mass is 35.5. The molecule has 1 aliphatic rings. The van der Waals surface area contributed by atoms with Crippen molar-refractivity contribution >= 4 is 52.6 Å². The van der Waals surface area contributed by atoms with Crippen molar-refractivity contribution in [1.82, 2.24) is 4.90 Å². The maximum Gasteiger partial charge on any atom is 0.337 e. The number of imide groups is 1. The number of amides is 3. The third-order valence-electron chi connectivity index (χ3n) is 4.63. The lowest BCUT2D eigenvalue weighted by Gasteiger charge is -2.22. The molecule has 3 rings (SSSR count). The number of benzene rings is 2. The molecule has 2 aromatic carbocycles. The number of aryl methyl sites for hydroxylation is 1. The second-order valence-corrected chi connectivity index (χ2v) is 7.29. The number of hydrogen-bond donors (Lipinski definition) is 1. The molecule has 9 heteroatoms. The van der Waals surface area contributed by atoms with Crippen molar-refractivity contribution in [2.75, 3.05) is 12.4 Å². The molecule has 0 saturated heterocycles. The Kier molecular flexibility index (Phi) is 5.64. The maximum absolute atomic E-state index is 12.7. The molecule has 1 aliphatic heterocycles. The van der Waals surface area contributed by atoms with Gasteiger partial charge in [-0.1, -0.05) is 23.2 Å². The maximum atomic E-state index is 12.7. The van der Waals surface area contributed by atoms with Gasteiger partial charge in [0.15, 0.2) is 0 Å². The zero-order valence-corrected chi connectivity index (χ0v) is 17.2. The molecule has 0 saturated carbocycles. The quantitative estimate of drug-likeness (QED) is 0.584. The van der Waals surface area contributed by atoms with Crippen LogP contribution in [0.5, 0.6) is 0 Å². The Morgan fingerprint density at radius 1 is 1.03 bits per heavy atom. The summed E-state index contributed by atoms with van der Waals surface area (Å²) in [5.41, 5.74) is 1.60. The largest absolute Gasteiger partial charge is 0.465 e. The van der Waals surface area contributed by atoms with E-state index in [0.29, 0.717) is 16.8 Å². The van der Waals surface area contributed by atoms with Gasteiger partial charge in [-0.2, -0.15) is 0 Å². The summed E-state index contributed by atoms with van der Waals surface area (Å²) in [6, 6.07) is 6.18. The second kappa shape index (κ2) is 7.85. The Labute approximate surface area is 176 Å². The van der Waals surface area contributed by atoms with E-state index in [1.54, 1.807) is 19.1 Å². The van der Waals surface area contributed by atoms with E-state index in [1.165, 1.54) is 32.2 Å². The lowest BCUT2D eigenvalue weighted by Crippen LogP contribution is -2.45. The number of halogens is 2. The molecule has 29 heavy (non-hydrogen) atoms. The van der Waals surface area contributed by atoms with Gasteiger partial charge in [-0.3, -0.25) is 19.3 Å². The molecule has 7 nitrogen and oxygen atoms in total. The number of esters is 1. The first-order valence-corrected chi connectivity index (χ1v) is 9.28. The molecule has 3 amide bonds. The van der Waals surface area contributed by atoms with Gasteiger partial charge < -0.3 is 10.1 Å². The Balaban J connectivity index is 1.82. The Morgan fingerprint density at radius 2 is 1.59 bits per heavy atom.